The third-order valence-corrected chi connectivity index (χ3v) is 4.31. The van der Waals surface area contributed by atoms with Gasteiger partial charge in [0.2, 0.25) is 6.29 Å². The summed E-state index contributed by atoms with van der Waals surface area (Å²) in [6.07, 6.45) is -1.66. The molecule has 0 saturated carbocycles. The molecule has 1 heterocycles. The molecule has 1 fully saturated rings. The first-order valence-corrected chi connectivity index (χ1v) is 12.6. The fraction of sp³-hybridized carbons (Fsp3) is 0.654. The zero-order chi connectivity index (χ0) is 27.8. The molecule has 0 aromatic heterocycles. The van der Waals surface area contributed by atoms with Crippen LogP contribution in [0.2, 0.25) is 0 Å². The van der Waals surface area contributed by atoms with Crippen LogP contribution in [-0.4, -0.2) is 80.5 Å². The first-order chi connectivity index (χ1) is 17.5. The van der Waals surface area contributed by atoms with Crippen LogP contribution in [0, 0.1) is 0 Å². The fourth-order valence-corrected chi connectivity index (χ4v) is 2.94. The van der Waals surface area contributed by atoms with Crippen molar-refractivity contribution in [3.63, 3.8) is 0 Å². The van der Waals surface area contributed by atoms with Crippen LogP contribution in [0.3, 0.4) is 0 Å². The Kier molecular flexibility index (Phi) is 14.2. The Morgan fingerprint density at radius 2 is 1.70 bits per heavy atom. The standard InChI is InChI=1S/C23H34N2O9.C3H8/c1-6-29-18-9-7-8-10-19(18)31-15-17-14-25(11-12-30-17)22(28)33-16(2)32-20(26)13-24-21(27)34-23(3,4)5;1-3-2/h7-10,16-17H,6,11-15H2,1-5H3,(H,24,27);3H2,1-2H3. The Hall–Kier alpha value is -3.21. The Morgan fingerprint density at radius 3 is 2.30 bits per heavy atom. The number of rotatable bonds is 9. The number of hydrogen-bond acceptors (Lipinski definition) is 9. The topological polar surface area (TPSA) is 122 Å². The summed E-state index contributed by atoms with van der Waals surface area (Å²) in [4.78, 5) is 37.4. The monoisotopic (exact) mass is 526 g/mol. The Labute approximate surface area is 219 Å². The van der Waals surface area contributed by atoms with Crippen LogP contribution < -0.4 is 14.8 Å². The Bertz CT molecular complexity index is 842. The lowest BCUT2D eigenvalue weighted by Gasteiger charge is -2.32. The van der Waals surface area contributed by atoms with Crippen molar-refractivity contribution in [1.82, 2.24) is 10.2 Å². The van der Waals surface area contributed by atoms with Gasteiger partial charge >= 0.3 is 18.2 Å². The van der Waals surface area contributed by atoms with Crippen molar-refractivity contribution in [2.75, 3.05) is 39.5 Å². The van der Waals surface area contributed by atoms with Gasteiger partial charge in [-0.1, -0.05) is 32.4 Å². The molecule has 2 amide bonds. The van der Waals surface area contributed by atoms with Gasteiger partial charge in [-0.2, -0.15) is 0 Å². The van der Waals surface area contributed by atoms with Crippen LogP contribution >= 0.6 is 0 Å². The van der Waals surface area contributed by atoms with Crippen molar-refractivity contribution in [2.24, 2.45) is 0 Å². The number of amides is 2. The van der Waals surface area contributed by atoms with Gasteiger partial charge in [-0.3, -0.25) is 4.79 Å². The largest absolute Gasteiger partial charge is 0.490 e. The van der Waals surface area contributed by atoms with E-state index in [2.05, 4.69) is 19.2 Å². The summed E-state index contributed by atoms with van der Waals surface area (Å²) in [5.41, 5.74) is -0.690. The summed E-state index contributed by atoms with van der Waals surface area (Å²) in [5, 5.41) is 2.28. The molecule has 1 saturated heterocycles. The van der Waals surface area contributed by atoms with Crippen molar-refractivity contribution in [2.45, 2.75) is 72.9 Å². The zero-order valence-corrected chi connectivity index (χ0v) is 23.0. The number of esters is 1. The minimum absolute atomic E-state index is 0.217. The van der Waals surface area contributed by atoms with Crippen molar-refractivity contribution < 1.29 is 42.8 Å². The van der Waals surface area contributed by atoms with Crippen molar-refractivity contribution in [1.29, 1.82) is 0 Å². The maximum Gasteiger partial charge on any atom is 0.413 e. The van der Waals surface area contributed by atoms with Gasteiger partial charge in [-0.25, -0.2) is 9.59 Å². The molecular formula is C26H42N2O9. The average molecular weight is 527 g/mol. The highest BCUT2D eigenvalue weighted by Crippen LogP contribution is 2.26. The second kappa shape index (κ2) is 16.5. The number of carbonyl (C=O) groups excluding carboxylic acids is 3. The Morgan fingerprint density at radius 1 is 1.08 bits per heavy atom. The van der Waals surface area contributed by atoms with Crippen LogP contribution in [0.15, 0.2) is 24.3 Å². The van der Waals surface area contributed by atoms with E-state index in [1.54, 1.807) is 26.8 Å². The lowest BCUT2D eigenvalue weighted by Crippen LogP contribution is -2.48. The van der Waals surface area contributed by atoms with Gasteiger partial charge in [-0.05, 0) is 39.8 Å². The number of alkyl carbamates (subject to hydrolysis) is 1. The summed E-state index contributed by atoms with van der Waals surface area (Å²) in [7, 11) is 0. The molecule has 37 heavy (non-hydrogen) atoms. The number of nitrogens with one attached hydrogen (secondary N) is 1. The first kappa shape index (κ1) is 31.8. The molecule has 1 N–H and O–H groups in total. The highest BCUT2D eigenvalue weighted by molar-refractivity contribution is 5.78. The van der Waals surface area contributed by atoms with Crippen LogP contribution in [-0.2, 0) is 23.7 Å². The van der Waals surface area contributed by atoms with Crippen molar-refractivity contribution in [3.05, 3.63) is 24.3 Å². The molecule has 1 aliphatic rings. The van der Waals surface area contributed by atoms with Crippen LogP contribution in [0.5, 0.6) is 11.5 Å². The zero-order valence-electron chi connectivity index (χ0n) is 23.0. The van der Waals surface area contributed by atoms with E-state index in [0.29, 0.717) is 31.3 Å². The van der Waals surface area contributed by atoms with Crippen LogP contribution in [0.1, 0.15) is 54.9 Å². The molecule has 2 rings (SSSR count). The summed E-state index contributed by atoms with van der Waals surface area (Å²) in [6, 6.07) is 7.31. The van der Waals surface area contributed by atoms with Gasteiger partial charge < -0.3 is 38.6 Å². The van der Waals surface area contributed by atoms with Gasteiger partial charge in [0.15, 0.2) is 11.5 Å². The number of nitrogens with zero attached hydrogens (tertiary/aromatic N) is 1. The predicted molar refractivity (Wildman–Crippen MR) is 137 cm³/mol. The molecule has 210 valence electrons. The molecule has 11 heteroatoms. The molecule has 11 nitrogen and oxygen atoms in total. The molecule has 0 bridgehead atoms. The molecule has 2 unspecified atom stereocenters. The van der Waals surface area contributed by atoms with E-state index in [1.807, 2.05) is 25.1 Å². The van der Waals surface area contributed by atoms with E-state index in [1.165, 1.54) is 18.2 Å². The highest BCUT2D eigenvalue weighted by atomic mass is 16.7. The van der Waals surface area contributed by atoms with Gasteiger partial charge in [0.25, 0.3) is 0 Å². The van der Waals surface area contributed by atoms with Gasteiger partial charge in [0, 0.05) is 13.5 Å². The Balaban J connectivity index is 0.00000217. The molecule has 1 aromatic carbocycles. The molecule has 2 atom stereocenters. The molecule has 0 spiro atoms. The first-order valence-electron chi connectivity index (χ1n) is 12.6. The molecule has 0 aliphatic carbocycles. The molecule has 0 radical (unpaired) electrons. The van der Waals surface area contributed by atoms with E-state index in [9.17, 15) is 14.4 Å². The van der Waals surface area contributed by atoms with Crippen molar-refractivity contribution in [3.8, 4) is 11.5 Å². The third kappa shape index (κ3) is 13.6. The number of ether oxygens (including phenoxy) is 6. The van der Waals surface area contributed by atoms with E-state index in [0.717, 1.165) is 0 Å². The van der Waals surface area contributed by atoms with Crippen molar-refractivity contribution >= 4 is 18.2 Å². The molecule has 1 aliphatic heterocycles. The lowest BCUT2D eigenvalue weighted by molar-refractivity contribution is -0.166. The summed E-state index contributed by atoms with van der Waals surface area (Å²) in [6.45, 7) is 13.9. The van der Waals surface area contributed by atoms with E-state index in [4.69, 9.17) is 28.4 Å². The second-order valence-electron chi connectivity index (χ2n) is 9.13. The summed E-state index contributed by atoms with van der Waals surface area (Å²) >= 11 is 0. The van der Waals surface area contributed by atoms with E-state index < -0.39 is 36.6 Å². The van der Waals surface area contributed by atoms with Crippen LogP contribution in [0.4, 0.5) is 9.59 Å². The number of morpholine rings is 1. The fourth-order valence-electron chi connectivity index (χ4n) is 2.94. The minimum Gasteiger partial charge on any atom is -0.490 e. The average Bonchev–Trinajstić information content (AvgIpc) is 2.82. The highest BCUT2D eigenvalue weighted by Gasteiger charge is 2.28. The predicted octanol–water partition coefficient (Wildman–Crippen LogP) is 4.13. The summed E-state index contributed by atoms with van der Waals surface area (Å²) in [5.74, 6) is 0.453. The number of benzene rings is 1. The summed E-state index contributed by atoms with van der Waals surface area (Å²) < 4.78 is 32.3. The SMILES string of the molecule is CCC.CCOc1ccccc1OCC1CN(C(=O)OC(C)OC(=O)CNC(=O)OC(C)(C)C)CCO1. The van der Waals surface area contributed by atoms with Gasteiger partial charge in [-0.15, -0.1) is 0 Å². The number of para-hydroxylation sites is 2. The minimum atomic E-state index is -1.14. The molecular weight excluding hydrogens is 484 g/mol. The second-order valence-corrected chi connectivity index (χ2v) is 9.13. The lowest BCUT2D eigenvalue weighted by atomic mass is 10.2. The maximum atomic E-state index is 12.5. The van der Waals surface area contributed by atoms with E-state index in [-0.39, 0.29) is 19.3 Å². The number of hydrogen-bond donors (Lipinski definition) is 1. The smallest absolute Gasteiger partial charge is 0.413 e. The normalized spacial score (nSPS) is 15.9. The third-order valence-electron chi connectivity index (χ3n) is 4.31. The maximum absolute atomic E-state index is 12.5. The number of carbonyl (C=O) groups is 3. The van der Waals surface area contributed by atoms with Gasteiger partial charge in [0.05, 0.1) is 19.8 Å². The van der Waals surface area contributed by atoms with Crippen LogP contribution in [0.25, 0.3) is 0 Å². The van der Waals surface area contributed by atoms with Gasteiger partial charge in [0.1, 0.15) is 24.9 Å². The quantitative estimate of drug-likeness (QED) is 0.374. The van der Waals surface area contributed by atoms with E-state index >= 15 is 0 Å². The molecule has 1 aromatic rings.